The van der Waals surface area contributed by atoms with Gasteiger partial charge in [-0.1, -0.05) is 185 Å². The lowest BCUT2D eigenvalue weighted by Gasteiger charge is -2.28. The molecule has 2 aliphatic rings. The van der Waals surface area contributed by atoms with Crippen molar-refractivity contribution >= 4 is 79.4 Å². The zero-order valence-electron chi connectivity index (χ0n) is 50.1. The Kier molecular flexibility index (Phi) is 18.7. The van der Waals surface area contributed by atoms with Crippen LogP contribution < -0.4 is 30.0 Å². The Labute approximate surface area is 503 Å². The lowest BCUT2D eigenvalue weighted by molar-refractivity contribution is 0.00450. The van der Waals surface area contributed by atoms with Gasteiger partial charge in [0.15, 0.2) is 0 Å². The van der Waals surface area contributed by atoms with Crippen LogP contribution in [0.1, 0.15) is 111 Å². The summed E-state index contributed by atoms with van der Waals surface area (Å²) in [5.74, 6) is 3.15. The van der Waals surface area contributed by atoms with Crippen LogP contribution in [0.4, 0.5) is 0 Å². The highest BCUT2D eigenvalue weighted by Gasteiger charge is 2.31. The average Bonchev–Trinajstić information content (AvgIpc) is 2.48. The van der Waals surface area contributed by atoms with E-state index in [0.29, 0.717) is 85.7 Å². The topological polar surface area (TPSA) is 103 Å². The minimum absolute atomic E-state index is 0.203. The normalized spacial score (nSPS) is 15.4. The molecule has 8 aromatic carbocycles. The summed E-state index contributed by atoms with van der Waals surface area (Å²) < 4.78 is 46.6. The van der Waals surface area contributed by atoms with Gasteiger partial charge in [-0.05, 0) is 130 Å². The maximum absolute atomic E-state index is 7.32. The minimum atomic E-state index is -0.218. The highest BCUT2D eigenvalue weighted by atomic mass is 32.2. The highest BCUT2D eigenvalue weighted by Crippen LogP contribution is 2.56. The van der Waals surface area contributed by atoms with Gasteiger partial charge in [0.1, 0.15) is 49.4 Å². The highest BCUT2D eigenvalue weighted by molar-refractivity contribution is 8.01. The third-order valence-electron chi connectivity index (χ3n) is 14.9. The van der Waals surface area contributed by atoms with E-state index < -0.39 is 0 Å². The van der Waals surface area contributed by atoms with Crippen LogP contribution >= 0.6 is 47.0 Å². The molecule has 0 unspecified atom stereocenters. The average molecular weight is 1180 g/mol. The fourth-order valence-corrected chi connectivity index (χ4v) is 15.0. The molecule has 0 atom stereocenters. The quantitative estimate of drug-likeness (QED) is 0.106. The van der Waals surface area contributed by atoms with Crippen LogP contribution in [-0.2, 0) is 42.4 Å². The standard InChI is InChI=1S/C69H82N2O7S4/c1-66(2,3)47-34-52-62(75-24-22-70)53(35-47)80-57-39-50(69(10,11)12)41-59-65(57)78-33-31-74-29-27-72-26-28-73-30-32-77-64-56(79-52)38-49(68(7,8)9)40-58(64)81-54-36-48(67(4,5)6)37-55(82-59)63(54)76-25-23-71-42-46-19-18-45-17-16-43-14-13-15-44-20-21-51(46)61(45)60(43)44/h13-21,34-41,71H,22-33,42,70H2,1-12H3. The van der Waals surface area contributed by atoms with Crippen LogP contribution in [0.3, 0.4) is 0 Å². The first-order valence-electron chi connectivity index (χ1n) is 28.9. The van der Waals surface area contributed by atoms with Crippen molar-refractivity contribution in [2.24, 2.45) is 5.73 Å². The molecule has 0 fully saturated rings. The van der Waals surface area contributed by atoms with Crippen LogP contribution in [0, 0.1) is 0 Å². The monoisotopic (exact) mass is 1180 g/mol. The van der Waals surface area contributed by atoms with Crippen molar-refractivity contribution in [3.05, 3.63) is 131 Å². The van der Waals surface area contributed by atoms with Gasteiger partial charge in [0.2, 0.25) is 0 Å². The molecule has 13 heteroatoms. The molecule has 0 saturated carbocycles. The molecule has 10 rings (SSSR count). The van der Waals surface area contributed by atoms with Gasteiger partial charge in [-0.25, -0.2) is 0 Å². The number of rotatable bonds is 9. The SMILES string of the molecule is CC(C)(C)c1cc2c(OCCN)c(c1)Sc1cc(C(C)(C)C)cc3c1OCCOCCOCCOCCOc1c(cc(C(C)(C)C)cc1Sc1cc(C(C)(C)C)cc(c1OCCNCc1ccc4ccc5cccc6ccc1c4c56)S3)S2. The summed E-state index contributed by atoms with van der Waals surface area (Å²) in [5.41, 5.74) is 11.4. The van der Waals surface area contributed by atoms with E-state index in [2.05, 4.69) is 192 Å². The number of fused-ring (bicyclic) bond motifs is 2. The molecule has 10 bridgehead atoms. The summed E-state index contributed by atoms with van der Waals surface area (Å²) in [6.45, 7) is 33.0. The van der Waals surface area contributed by atoms with Gasteiger partial charge in [-0.15, -0.1) is 0 Å². The van der Waals surface area contributed by atoms with E-state index in [0.717, 1.165) is 62.2 Å². The van der Waals surface area contributed by atoms with Crippen molar-refractivity contribution in [3.8, 4) is 23.0 Å². The minimum Gasteiger partial charge on any atom is -0.490 e. The number of nitrogens with one attached hydrogen (secondary N) is 1. The zero-order valence-corrected chi connectivity index (χ0v) is 53.3. The predicted octanol–water partition coefficient (Wildman–Crippen LogP) is 17.0. The molecule has 0 saturated heterocycles. The molecule has 0 aromatic heterocycles. The Morgan fingerprint density at radius 2 is 0.780 bits per heavy atom. The van der Waals surface area contributed by atoms with Gasteiger partial charge < -0.3 is 44.2 Å². The van der Waals surface area contributed by atoms with E-state index in [-0.39, 0.29) is 21.7 Å². The van der Waals surface area contributed by atoms with Gasteiger partial charge in [-0.3, -0.25) is 0 Å². The molecule has 0 amide bonds. The van der Waals surface area contributed by atoms with Crippen LogP contribution in [0.2, 0.25) is 0 Å². The summed E-state index contributed by atoms with van der Waals surface area (Å²) in [6.07, 6.45) is 0. The maximum atomic E-state index is 7.32. The lowest BCUT2D eigenvalue weighted by Crippen LogP contribution is -2.21. The first-order valence-corrected chi connectivity index (χ1v) is 32.2. The lowest BCUT2D eigenvalue weighted by atomic mass is 9.87. The molecule has 0 radical (unpaired) electrons. The molecular weight excluding hydrogens is 1100 g/mol. The molecular formula is C69H82N2O7S4. The molecule has 2 aliphatic heterocycles. The van der Waals surface area contributed by atoms with E-state index in [1.165, 1.54) is 60.1 Å². The van der Waals surface area contributed by atoms with Gasteiger partial charge in [0.05, 0.1) is 78.8 Å². The number of hydrogen-bond donors (Lipinski definition) is 2. The number of benzene rings is 8. The van der Waals surface area contributed by atoms with Gasteiger partial charge in [0.25, 0.3) is 0 Å². The maximum Gasteiger partial charge on any atom is 0.147 e. The smallest absolute Gasteiger partial charge is 0.147 e. The van der Waals surface area contributed by atoms with Crippen molar-refractivity contribution in [1.29, 1.82) is 0 Å². The number of hydrogen-bond acceptors (Lipinski definition) is 13. The van der Waals surface area contributed by atoms with E-state index in [1.54, 1.807) is 47.0 Å². The fourth-order valence-electron chi connectivity index (χ4n) is 10.2. The van der Waals surface area contributed by atoms with Gasteiger partial charge in [-0.2, -0.15) is 0 Å². The Morgan fingerprint density at radius 1 is 0.427 bits per heavy atom. The van der Waals surface area contributed by atoms with Crippen molar-refractivity contribution < 1.29 is 33.2 Å². The largest absolute Gasteiger partial charge is 0.490 e. The van der Waals surface area contributed by atoms with E-state index >= 15 is 0 Å². The fraction of sp³-hybridized carbons (Fsp3) is 0.420. The molecule has 3 N–H and O–H groups in total. The Bertz CT molecular complexity index is 3410. The second-order valence-corrected chi connectivity index (χ2v) is 29.7. The van der Waals surface area contributed by atoms with E-state index in [1.807, 2.05) is 0 Å². The third kappa shape index (κ3) is 14.0. The molecule has 0 aliphatic carbocycles. The van der Waals surface area contributed by atoms with Crippen molar-refractivity contribution in [1.82, 2.24) is 5.32 Å². The first kappa shape index (κ1) is 60.3. The van der Waals surface area contributed by atoms with Gasteiger partial charge >= 0.3 is 0 Å². The van der Waals surface area contributed by atoms with Crippen LogP contribution in [0.25, 0.3) is 32.3 Å². The Morgan fingerprint density at radius 3 is 1.18 bits per heavy atom. The van der Waals surface area contributed by atoms with Crippen molar-refractivity contribution in [2.45, 2.75) is 150 Å². The summed E-state index contributed by atoms with van der Waals surface area (Å²) >= 11 is 6.78. The first-order chi connectivity index (χ1) is 39.1. The Hall–Kier alpha value is -4.80. The molecule has 82 heavy (non-hydrogen) atoms. The number of ether oxygens (including phenoxy) is 7. The third-order valence-corrected chi connectivity index (χ3v) is 19.1. The molecule has 0 spiro atoms. The molecule has 8 aromatic rings. The second kappa shape index (κ2) is 25.4. The van der Waals surface area contributed by atoms with Crippen LogP contribution in [0.15, 0.2) is 142 Å². The summed E-state index contributed by atoms with van der Waals surface area (Å²) in [7, 11) is 0. The predicted molar refractivity (Wildman–Crippen MR) is 342 cm³/mol. The number of nitrogens with two attached hydrogens (primary N) is 1. The van der Waals surface area contributed by atoms with E-state index in [9.17, 15) is 0 Å². The molecule has 434 valence electrons. The van der Waals surface area contributed by atoms with Crippen molar-refractivity contribution in [2.75, 3.05) is 79.2 Å². The summed E-state index contributed by atoms with van der Waals surface area (Å²) in [5, 5.41) is 11.5. The molecule has 2 heterocycles. The van der Waals surface area contributed by atoms with Crippen molar-refractivity contribution in [3.63, 3.8) is 0 Å². The summed E-state index contributed by atoms with van der Waals surface area (Å²) in [4.78, 5) is 7.88. The summed E-state index contributed by atoms with van der Waals surface area (Å²) in [6, 6.07) is 38.7. The zero-order chi connectivity index (χ0) is 58.0. The van der Waals surface area contributed by atoms with E-state index in [4.69, 9.17) is 38.9 Å². The second-order valence-electron chi connectivity index (χ2n) is 25.4. The Balaban J connectivity index is 1.17. The van der Waals surface area contributed by atoms with Gasteiger partial charge in [0, 0.05) is 19.6 Å². The van der Waals surface area contributed by atoms with Crippen LogP contribution in [0.5, 0.6) is 23.0 Å². The van der Waals surface area contributed by atoms with Crippen LogP contribution in [-0.4, -0.2) is 79.2 Å². The molecule has 9 nitrogen and oxygen atoms in total.